The molecule has 5 heteroatoms. The number of hydrogen-bond acceptors (Lipinski definition) is 4. The van der Waals surface area contributed by atoms with Crippen molar-refractivity contribution in [3.63, 3.8) is 0 Å². The molecule has 0 bridgehead atoms. The first-order valence-corrected chi connectivity index (χ1v) is 5.07. The average molecular weight is 229 g/mol. The van der Waals surface area contributed by atoms with E-state index in [9.17, 15) is 9.59 Å². The number of carboxylic acids is 1. The summed E-state index contributed by atoms with van der Waals surface area (Å²) >= 11 is 0. The van der Waals surface area contributed by atoms with Gasteiger partial charge in [-0.1, -0.05) is 12.2 Å². The molecule has 0 saturated carbocycles. The van der Waals surface area contributed by atoms with Crippen LogP contribution in [0.2, 0.25) is 0 Å². The molecule has 0 aliphatic carbocycles. The van der Waals surface area contributed by atoms with E-state index in [1.807, 2.05) is 0 Å². The molecule has 0 unspecified atom stereocenters. The third-order valence-corrected chi connectivity index (χ3v) is 1.76. The lowest BCUT2D eigenvalue weighted by molar-refractivity contribution is -0.152. The van der Waals surface area contributed by atoms with Crippen LogP contribution in [-0.4, -0.2) is 29.7 Å². The highest BCUT2D eigenvalue weighted by molar-refractivity contribution is 5.75. The zero-order valence-corrected chi connectivity index (χ0v) is 9.90. The lowest BCUT2D eigenvalue weighted by Crippen LogP contribution is -2.27. The molecule has 16 heavy (non-hydrogen) atoms. The van der Waals surface area contributed by atoms with Crippen LogP contribution in [0, 0.1) is 5.41 Å². The van der Waals surface area contributed by atoms with Crippen LogP contribution in [0.15, 0.2) is 12.2 Å². The Morgan fingerprint density at radius 1 is 1.44 bits per heavy atom. The fourth-order valence-corrected chi connectivity index (χ4v) is 0.761. The minimum absolute atomic E-state index is 0.235. The van der Waals surface area contributed by atoms with Crippen molar-refractivity contribution in [2.24, 2.45) is 11.1 Å². The standard InChI is InChI=1S/C11H19NO4/c1-11(2,3)10(15)16-7-5-4-6-8(12)9(13)14/h4,6,8H,5,7,12H2,1-3H3,(H,13,14)/b6-4+/t8-/m1/s1. The van der Waals surface area contributed by atoms with Crippen molar-refractivity contribution in [2.75, 3.05) is 6.61 Å². The lowest BCUT2D eigenvalue weighted by atomic mass is 9.97. The fraction of sp³-hybridized carbons (Fsp3) is 0.636. The molecule has 0 aliphatic heterocycles. The van der Waals surface area contributed by atoms with E-state index in [4.69, 9.17) is 15.6 Å². The van der Waals surface area contributed by atoms with E-state index in [2.05, 4.69) is 0 Å². The molecule has 0 rings (SSSR count). The molecule has 5 nitrogen and oxygen atoms in total. The highest BCUT2D eigenvalue weighted by atomic mass is 16.5. The fourth-order valence-electron chi connectivity index (χ4n) is 0.761. The maximum absolute atomic E-state index is 11.3. The second kappa shape index (κ2) is 6.27. The van der Waals surface area contributed by atoms with Gasteiger partial charge in [0.15, 0.2) is 0 Å². The van der Waals surface area contributed by atoms with Crippen LogP contribution < -0.4 is 5.73 Å². The number of rotatable bonds is 5. The summed E-state index contributed by atoms with van der Waals surface area (Å²) in [6.45, 7) is 5.54. The molecule has 3 N–H and O–H groups in total. The van der Waals surface area contributed by atoms with Crippen LogP contribution in [0.1, 0.15) is 27.2 Å². The summed E-state index contributed by atoms with van der Waals surface area (Å²) in [5.74, 6) is -1.36. The molecule has 0 aromatic heterocycles. The average Bonchev–Trinajstić information content (AvgIpc) is 2.14. The summed E-state index contributed by atoms with van der Waals surface area (Å²) < 4.78 is 4.97. The van der Waals surface area contributed by atoms with E-state index in [-0.39, 0.29) is 12.6 Å². The molecule has 0 spiro atoms. The first kappa shape index (κ1) is 14.6. The maximum atomic E-state index is 11.3. The molecule has 0 aliphatic rings. The Balaban J connectivity index is 3.77. The van der Waals surface area contributed by atoms with Gasteiger partial charge in [0.1, 0.15) is 6.04 Å². The van der Waals surface area contributed by atoms with Gasteiger partial charge < -0.3 is 15.6 Å². The van der Waals surface area contributed by atoms with Gasteiger partial charge in [0.05, 0.1) is 12.0 Å². The molecule has 0 aromatic rings. The summed E-state index contributed by atoms with van der Waals surface area (Å²) in [4.78, 5) is 21.6. The third kappa shape index (κ3) is 6.19. The smallest absolute Gasteiger partial charge is 0.324 e. The first-order chi connectivity index (χ1) is 7.25. The molecular weight excluding hydrogens is 210 g/mol. The molecular formula is C11H19NO4. The zero-order valence-electron chi connectivity index (χ0n) is 9.90. The van der Waals surface area contributed by atoms with Gasteiger partial charge >= 0.3 is 11.9 Å². The normalized spacial score (nSPS) is 13.8. The summed E-state index contributed by atoms with van der Waals surface area (Å²) in [5.41, 5.74) is 4.72. The molecule has 0 radical (unpaired) electrons. The Morgan fingerprint density at radius 3 is 2.44 bits per heavy atom. The number of carboxylic acid groups (broad SMARTS) is 1. The topological polar surface area (TPSA) is 89.6 Å². The van der Waals surface area contributed by atoms with Crippen molar-refractivity contribution in [1.29, 1.82) is 0 Å². The van der Waals surface area contributed by atoms with E-state index in [0.717, 1.165) is 0 Å². The highest BCUT2D eigenvalue weighted by Crippen LogP contribution is 2.14. The predicted octanol–water partition coefficient (Wildman–Crippen LogP) is 0.934. The second-order valence-corrected chi connectivity index (χ2v) is 4.47. The van der Waals surface area contributed by atoms with Crippen LogP contribution in [0.5, 0.6) is 0 Å². The van der Waals surface area contributed by atoms with Crippen molar-refractivity contribution in [1.82, 2.24) is 0 Å². The maximum Gasteiger partial charge on any atom is 0.324 e. The van der Waals surface area contributed by atoms with E-state index in [1.54, 1.807) is 26.8 Å². The van der Waals surface area contributed by atoms with Gasteiger partial charge in [-0.05, 0) is 27.2 Å². The van der Waals surface area contributed by atoms with Gasteiger partial charge in [-0.3, -0.25) is 9.59 Å². The number of carbonyl (C=O) groups excluding carboxylic acids is 1. The van der Waals surface area contributed by atoms with Crippen LogP contribution in [0.25, 0.3) is 0 Å². The van der Waals surface area contributed by atoms with Crippen molar-refractivity contribution in [3.8, 4) is 0 Å². The highest BCUT2D eigenvalue weighted by Gasteiger charge is 2.22. The molecule has 1 atom stereocenters. The van der Waals surface area contributed by atoms with Crippen molar-refractivity contribution in [2.45, 2.75) is 33.2 Å². The minimum Gasteiger partial charge on any atom is -0.480 e. The van der Waals surface area contributed by atoms with Crippen molar-refractivity contribution >= 4 is 11.9 Å². The van der Waals surface area contributed by atoms with Crippen LogP contribution in [0.4, 0.5) is 0 Å². The number of esters is 1. The molecule has 0 heterocycles. The third-order valence-electron chi connectivity index (χ3n) is 1.76. The number of nitrogens with two attached hydrogens (primary N) is 1. The largest absolute Gasteiger partial charge is 0.480 e. The van der Waals surface area contributed by atoms with Crippen LogP contribution >= 0.6 is 0 Å². The summed E-state index contributed by atoms with van der Waals surface area (Å²) in [6, 6.07) is -1.00. The van der Waals surface area contributed by atoms with Gasteiger partial charge in [-0.2, -0.15) is 0 Å². The number of ether oxygens (including phenoxy) is 1. The number of hydrogen-bond donors (Lipinski definition) is 2. The van der Waals surface area contributed by atoms with E-state index >= 15 is 0 Å². The Hall–Kier alpha value is -1.36. The van der Waals surface area contributed by atoms with Crippen molar-refractivity contribution in [3.05, 3.63) is 12.2 Å². The Morgan fingerprint density at radius 2 is 2.00 bits per heavy atom. The molecule has 92 valence electrons. The zero-order chi connectivity index (χ0) is 12.8. The summed E-state index contributed by atoms with van der Waals surface area (Å²) in [5, 5.41) is 8.47. The van der Waals surface area contributed by atoms with Gasteiger partial charge in [-0.25, -0.2) is 0 Å². The van der Waals surface area contributed by atoms with Crippen molar-refractivity contribution < 1.29 is 19.4 Å². The number of aliphatic carboxylic acids is 1. The predicted molar refractivity (Wildman–Crippen MR) is 59.8 cm³/mol. The molecule has 0 fully saturated rings. The van der Waals surface area contributed by atoms with Crippen LogP contribution in [-0.2, 0) is 14.3 Å². The molecule has 0 aromatic carbocycles. The monoisotopic (exact) mass is 229 g/mol. The Kier molecular flexibility index (Phi) is 5.74. The van der Waals surface area contributed by atoms with E-state index < -0.39 is 17.4 Å². The molecule has 0 saturated heterocycles. The minimum atomic E-state index is -1.08. The van der Waals surface area contributed by atoms with E-state index in [0.29, 0.717) is 6.42 Å². The van der Waals surface area contributed by atoms with Gasteiger partial charge in [0.2, 0.25) is 0 Å². The Labute approximate surface area is 95.3 Å². The van der Waals surface area contributed by atoms with Crippen LogP contribution in [0.3, 0.4) is 0 Å². The number of carbonyl (C=O) groups is 2. The lowest BCUT2D eigenvalue weighted by Gasteiger charge is -2.15. The Bertz CT molecular complexity index is 278. The quantitative estimate of drug-likeness (QED) is 0.416. The van der Waals surface area contributed by atoms with E-state index in [1.165, 1.54) is 6.08 Å². The van der Waals surface area contributed by atoms with Gasteiger partial charge in [0.25, 0.3) is 0 Å². The van der Waals surface area contributed by atoms with Gasteiger partial charge in [0, 0.05) is 0 Å². The molecule has 0 amide bonds. The SMILES string of the molecule is CC(C)(C)C(=O)OCC/C=C/[C@@H](N)C(=O)O. The van der Waals surface area contributed by atoms with Gasteiger partial charge in [-0.15, -0.1) is 0 Å². The first-order valence-electron chi connectivity index (χ1n) is 5.07. The summed E-state index contributed by atoms with van der Waals surface area (Å²) in [6.07, 6.45) is 3.42. The second-order valence-electron chi connectivity index (χ2n) is 4.47. The summed E-state index contributed by atoms with van der Waals surface area (Å²) in [7, 11) is 0.